The van der Waals surface area contributed by atoms with Crippen LogP contribution in [0.5, 0.6) is 11.5 Å². The van der Waals surface area contributed by atoms with Gasteiger partial charge in [0, 0.05) is 44.0 Å². The maximum absolute atomic E-state index is 5.54. The molecule has 0 aromatic heterocycles. The summed E-state index contributed by atoms with van der Waals surface area (Å²) in [6.07, 6.45) is 0. The highest BCUT2D eigenvalue weighted by Crippen LogP contribution is 2.33. The zero-order valence-electron chi connectivity index (χ0n) is 14.2. The van der Waals surface area contributed by atoms with Crippen molar-refractivity contribution in [2.24, 2.45) is 0 Å². The van der Waals surface area contributed by atoms with Gasteiger partial charge in [0.05, 0.1) is 18.7 Å². The van der Waals surface area contributed by atoms with Crippen molar-refractivity contribution in [3.8, 4) is 11.5 Å². The van der Waals surface area contributed by atoms with Crippen LogP contribution < -0.4 is 14.4 Å². The van der Waals surface area contributed by atoms with Gasteiger partial charge in [-0.05, 0) is 40.2 Å². The van der Waals surface area contributed by atoms with Gasteiger partial charge in [0.25, 0.3) is 0 Å². The second-order valence-electron chi connectivity index (χ2n) is 5.90. The van der Waals surface area contributed by atoms with Gasteiger partial charge in [-0.3, -0.25) is 4.90 Å². The van der Waals surface area contributed by atoms with Gasteiger partial charge in [-0.2, -0.15) is 0 Å². The molecule has 0 bridgehead atoms. The number of piperazine rings is 1. The largest absolute Gasteiger partial charge is 0.496 e. The summed E-state index contributed by atoms with van der Waals surface area (Å²) in [6.45, 7) is 5.03. The van der Waals surface area contributed by atoms with Gasteiger partial charge in [0.2, 0.25) is 0 Å². The lowest BCUT2D eigenvalue weighted by atomic mass is 10.1. The van der Waals surface area contributed by atoms with Crippen LogP contribution in [0.2, 0.25) is 0 Å². The van der Waals surface area contributed by atoms with Crippen molar-refractivity contribution < 1.29 is 9.47 Å². The Morgan fingerprint density at radius 1 is 0.917 bits per heavy atom. The maximum atomic E-state index is 5.54. The number of ether oxygens (including phenoxy) is 2. The quantitative estimate of drug-likeness (QED) is 0.775. The fourth-order valence-corrected chi connectivity index (χ4v) is 3.58. The summed E-state index contributed by atoms with van der Waals surface area (Å²) < 4.78 is 11.9. The van der Waals surface area contributed by atoms with Crippen molar-refractivity contribution in [2.45, 2.75) is 6.54 Å². The molecule has 3 rings (SSSR count). The molecule has 0 atom stereocenters. The molecule has 0 unspecified atom stereocenters. The number of methoxy groups -OCH3 is 2. The van der Waals surface area contributed by atoms with Crippen molar-refractivity contribution >= 4 is 21.6 Å². The Morgan fingerprint density at radius 2 is 1.58 bits per heavy atom. The van der Waals surface area contributed by atoms with Crippen LogP contribution in [0.1, 0.15) is 5.56 Å². The third-order valence-corrected chi connectivity index (χ3v) is 5.06. The van der Waals surface area contributed by atoms with Gasteiger partial charge in [-0.1, -0.05) is 18.2 Å². The van der Waals surface area contributed by atoms with Crippen molar-refractivity contribution in [1.29, 1.82) is 0 Å². The molecule has 0 N–H and O–H groups in total. The lowest BCUT2D eigenvalue weighted by Crippen LogP contribution is -2.46. The molecule has 0 saturated carbocycles. The molecule has 4 nitrogen and oxygen atoms in total. The van der Waals surface area contributed by atoms with E-state index in [4.69, 9.17) is 9.47 Å². The monoisotopic (exact) mass is 390 g/mol. The molecular weight excluding hydrogens is 368 g/mol. The van der Waals surface area contributed by atoms with Crippen molar-refractivity contribution in [3.05, 3.63) is 52.5 Å². The summed E-state index contributed by atoms with van der Waals surface area (Å²) in [7, 11) is 3.40. The van der Waals surface area contributed by atoms with Crippen LogP contribution in [0.4, 0.5) is 5.69 Å². The normalized spacial score (nSPS) is 15.4. The first-order chi connectivity index (χ1) is 11.7. The highest BCUT2D eigenvalue weighted by atomic mass is 79.9. The molecule has 24 heavy (non-hydrogen) atoms. The minimum atomic E-state index is 0.841. The number of benzene rings is 2. The second-order valence-corrected chi connectivity index (χ2v) is 6.75. The molecule has 1 saturated heterocycles. The lowest BCUT2D eigenvalue weighted by Gasteiger charge is -2.36. The number of rotatable bonds is 5. The lowest BCUT2D eigenvalue weighted by molar-refractivity contribution is 0.245. The summed E-state index contributed by atoms with van der Waals surface area (Å²) in [5, 5.41) is 0. The van der Waals surface area contributed by atoms with Gasteiger partial charge in [0.15, 0.2) is 0 Å². The van der Waals surface area contributed by atoms with Gasteiger partial charge in [-0.25, -0.2) is 0 Å². The summed E-state index contributed by atoms with van der Waals surface area (Å²) in [6, 6.07) is 14.7. The molecule has 2 aromatic carbocycles. The molecule has 5 heteroatoms. The van der Waals surface area contributed by atoms with E-state index in [0.717, 1.165) is 54.3 Å². The number of para-hydroxylation sites is 1. The van der Waals surface area contributed by atoms with Crippen molar-refractivity contribution in [2.75, 3.05) is 45.3 Å². The molecule has 0 aliphatic carbocycles. The summed E-state index contributed by atoms with van der Waals surface area (Å²) in [5.74, 6) is 1.74. The molecule has 0 spiro atoms. The fraction of sp³-hybridized carbons (Fsp3) is 0.368. The van der Waals surface area contributed by atoms with Gasteiger partial charge in [0.1, 0.15) is 11.5 Å². The van der Waals surface area contributed by atoms with E-state index < -0.39 is 0 Å². The first-order valence-electron chi connectivity index (χ1n) is 8.14. The standard InChI is InChI=1S/C19H23BrN2O2/c1-23-18-13-17(20)19(24-2)12-15(18)14-21-8-10-22(11-9-21)16-6-4-3-5-7-16/h3-7,12-13H,8-11,14H2,1-2H3. The van der Waals surface area contributed by atoms with Crippen LogP contribution in [0.25, 0.3) is 0 Å². The second kappa shape index (κ2) is 7.90. The Kier molecular flexibility index (Phi) is 5.63. The molecule has 0 radical (unpaired) electrons. The summed E-state index contributed by atoms with van der Waals surface area (Å²) in [4.78, 5) is 4.90. The van der Waals surface area contributed by atoms with E-state index in [-0.39, 0.29) is 0 Å². The first-order valence-corrected chi connectivity index (χ1v) is 8.93. The molecular formula is C19H23BrN2O2. The van der Waals surface area contributed by atoms with Crippen molar-refractivity contribution in [3.63, 3.8) is 0 Å². The Bertz CT molecular complexity index is 671. The Hall–Kier alpha value is -1.72. The minimum Gasteiger partial charge on any atom is -0.496 e. The molecule has 2 aromatic rings. The van der Waals surface area contributed by atoms with Crippen LogP contribution in [-0.2, 0) is 6.54 Å². The zero-order valence-corrected chi connectivity index (χ0v) is 15.8. The third-order valence-electron chi connectivity index (χ3n) is 4.44. The van der Waals surface area contributed by atoms with Crippen molar-refractivity contribution in [1.82, 2.24) is 4.90 Å². The Labute approximate surface area is 152 Å². The summed E-state index contributed by atoms with van der Waals surface area (Å²) in [5.41, 5.74) is 2.46. The number of nitrogens with zero attached hydrogens (tertiary/aromatic N) is 2. The molecule has 1 aliphatic heterocycles. The minimum absolute atomic E-state index is 0.841. The van der Waals surface area contributed by atoms with Gasteiger partial charge >= 0.3 is 0 Å². The van der Waals surface area contributed by atoms with E-state index in [1.165, 1.54) is 5.69 Å². The molecule has 0 amide bonds. The van der Waals surface area contributed by atoms with E-state index in [1.807, 2.05) is 6.07 Å². The number of hydrogen-bond donors (Lipinski definition) is 0. The highest BCUT2D eigenvalue weighted by Gasteiger charge is 2.19. The van der Waals surface area contributed by atoms with E-state index >= 15 is 0 Å². The predicted molar refractivity (Wildman–Crippen MR) is 101 cm³/mol. The van der Waals surface area contributed by atoms with Gasteiger partial charge in [-0.15, -0.1) is 0 Å². The maximum Gasteiger partial charge on any atom is 0.133 e. The molecule has 128 valence electrons. The topological polar surface area (TPSA) is 24.9 Å². The average molecular weight is 391 g/mol. The third kappa shape index (κ3) is 3.84. The zero-order chi connectivity index (χ0) is 16.9. The Balaban J connectivity index is 1.66. The fourth-order valence-electron chi connectivity index (χ4n) is 3.09. The number of hydrogen-bond acceptors (Lipinski definition) is 4. The molecule has 1 heterocycles. The average Bonchev–Trinajstić information content (AvgIpc) is 2.64. The summed E-state index contributed by atoms with van der Waals surface area (Å²) >= 11 is 3.52. The number of anilines is 1. The van der Waals surface area contributed by atoms with E-state index in [2.05, 4.69) is 62.1 Å². The highest BCUT2D eigenvalue weighted by molar-refractivity contribution is 9.10. The van der Waals surface area contributed by atoms with E-state index in [9.17, 15) is 0 Å². The molecule has 1 fully saturated rings. The smallest absolute Gasteiger partial charge is 0.133 e. The van der Waals surface area contributed by atoms with Crippen LogP contribution in [0.3, 0.4) is 0 Å². The first kappa shape index (κ1) is 17.1. The molecule has 1 aliphatic rings. The van der Waals surface area contributed by atoms with Crippen LogP contribution >= 0.6 is 15.9 Å². The predicted octanol–water partition coefficient (Wildman–Crippen LogP) is 3.79. The van der Waals surface area contributed by atoms with Crippen LogP contribution in [-0.4, -0.2) is 45.3 Å². The van der Waals surface area contributed by atoms with E-state index in [0.29, 0.717) is 0 Å². The number of halogens is 1. The van der Waals surface area contributed by atoms with Gasteiger partial charge < -0.3 is 14.4 Å². The van der Waals surface area contributed by atoms with Crippen LogP contribution in [0, 0.1) is 0 Å². The van der Waals surface area contributed by atoms with E-state index in [1.54, 1.807) is 14.2 Å². The SMILES string of the molecule is COc1cc(CN2CCN(c3ccccc3)CC2)c(OC)cc1Br. The van der Waals surface area contributed by atoms with Crippen LogP contribution in [0.15, 0.2) is 46.9 Å². The Morgan fingerprint density at radius 3 is 2.21 bits per heavy atom.